The van der Waals surface area contributed by atoms with Crippen molar-refractivity contribution in [3.8, 4) is 0 Å². The number of thiazole rings is 1. The molecule has 6 heteroatoms. The molecule has 0 bridgehead atoms. The molecule has 0 aliphatic carbocycles. The minimum Gasteiger partial charge on any atom is -0.389 e. The Labute approximate surface area is 148 Å². The molecule has 2 saturated heterocycles. The zero-order chi connectivity index (χ0) is 17.3. The molecular weight excluding hydrogens is 324 g/mol. The number of carbonyl (C=O) groups is 1. The zero-order valence-corrected chi connectivity index (χ0v) is 15.6. The predicted octanol–water partition coefficient (Wildman–Crippen LogP) is 2.91. The standard InChI is InChI=1S/C18H28N2O3S/c1-12(2)16-19-15(11-24-16)17(21)20-7-6-18(22,13(3)10-20)14-4-8-23-9-5-14/h11-14,22H,4-10H2,1-3H3/t13-,18+/m1/s1. The second-order valence-electron chi connectivity index (χ2n) is 7.51. The van der Waals surface area contributed by atoms with Crippen molar-refractivity contribution in [3.63, 3.8) is 0 Å². The fraction of sp³-hybridized carbons (Fsp3) is 0.778. The van der Waals surface area contributed by atoms with E-state index in [0.29, 0.717) is 31.1 Å². The number of carbonyl (C=O) groups excluding carboxylic acids is 1. The van der Waals surface area contributed by atoms with E-state index in [1.807, 2.05) is 10.3 Å². The van der Waals surface area contributed by atoms with Gasteiger partial charge in [0.2, 0.25) is 0 Å². The molecule has 3 heterocycles. The molecule has 2 aliphatic rings. The summed E-state index contributed by atoms with van der Waals surface area (Å²) < 4.78 is 5.43. The van der Waals surface area contributed by atoms with E-state index in [0.717, 1.165) is 31.1 Å². The number of amides is 1. The predicted molar refractivity (Wildman–Crippen MR) is 94.4 cm³/mol. The van der Waals surface area contributed by atoms with Gasteiger partial charge in [-0.2, -0.15) is 0 Å². The summed E-state index contributed by atoms with van der Waals surface area (Å²) in [6.45, 7) is 8.91. The minimum absolute atomic E-state index is 0.000900. The number of aromatic nitrogens is 1. The van der Waals surface area contributed by atoms with Gasteiger partial charge < -0.3 is 14.7 Å². The van der Waals surface area contributed by atoms with Crippen molar-refractivity contribution in [2.45, 2.75) is 51.6 Å². The highest BCUT2D eigenvalue weighted by Gasteiger charge is 2.46. The van der Waals surface area contributed by atoms with E-state index in [1.54, 1.807) is 11.3 Å². The summed E-state index contributed by atoms with van der Waals surface area (Å²) in [5, 5.41) is 14.1. The highest BCUT2D eigenvalue weighted by Crippen LogP contribution is 2.39. The number of piperidine rings is 1. The summed E-state index contributed by atoms with van der Waals surface area (Å²) in [4.78, 5) is 19.1. The Balaban J connectivity index is 1.66. The quantitative estimate of drug-likeness (QED) is 0.908. The summed E-state index contributed by atoms with van der Waals surface area (Å²) in [6.07, 6.45) is 2.48. The second-order valence-corrected chi connectivity index (χ2v) is 8.40. The van der Waals surface area contributed by atoms with Crippen molar-refractivity contribution >= 4 is 17.2 Å². The second kappa shape index (κ2) is 7.10. The maximum atomic E-state index is 12.7. The Hall–Kier alpha value is -0.980. The summed E-state index contributed by atoms with van der Waals surface area (Å²) in [5.41, 5.74) is -0.126. The molecule has 3 rings (SSSR count). The van der Waals surface area contributed by atoms with Crippen molar-refractivity contribution < 1.29 is 14.6 Å². The van der Waals surface area contributed by atoms with Gasteiger partial charge in [0.25, 0.3) is 5.91 Å². The Morgan fingerprint density at radius 2 is 2.17 bits per heavy atom. The molecule has 2 aliphatic heterocycles. The third kappa shape index (κ3) is 3.37. The van der Waals surface area contributed by atoms with Crippen molar-refractivity contribution in [3.05, 3.63) is 16.1 Å². The average Bonchev–Trinajstić information content (AvgIpc) is 3.08. The van der Waals surface area contributed by atoms with Crippen molar-refractivity contribution in [1.29, 1.82) is 0 Å². The summed E-state index contributed by atoms with van der Waals surface area (Å²) in [6, 6.07) is 0. The van der Waals surface area contributed by atoms with Gasteiger partial charge in [-0.3, -0.25) is 4.79 Å². The van der Waals surface area contributed by atoms with E-state index < -0.39 is 5.60 Å². The number of ether oxygens (including phenoxy) is 1. The summed E-state index contributed by atoms with van der Waals surface area (Å²) in [5.74, 6) is 0.696. The van der Waals surface area contributed by atoms with Gasteiger partial charge in [-0.15, -0.1) is 11.3 Å². The fourth-order valence-electron chi connectivity index (χ4n) is 3.94. The molecule has 0 spiro atoms. The summed E-state index contributed by atoms with van der Waals surface area (Å²) >= 11 is 1.55. The molecule has 1 amide bonds. The summed E-state index contributed by atoms with van der Waals surface area (Å²) in [7, 11) is 0. The number of nitrogens with zero attached hydrogens (tertiary/aromatic N) is 2. The topological polar surface area (TPSA) is 62.7 Å². The van der Waals surface area contributed by atoms with E-state index in [-0.39, 0.29) is 17.7 Å². The van der Waals surface area contributed by atoms with Crippen molar-refractivity contribution in [2.24, 2.45) is 11.8 Å². The van der Waals surface area contributed by atoms with Crippen LogP contribution in [0.2, 0.25) is 0 Å². The van der Waals surface area contributed by atoms with Gasteiger partial charge in [-0.25, -0.2) is 4.98 Å². The van der Waals surface area contributed by atoms with Gasteiger partial charge in [-0.05, 0) is 25.2 Å². The first-order valence-corrected chi connectivity index (χ1v) is 9.84. The maximum Gasteiger partial charge on any atom is 0.273 e. The molecule has 0 unspecified atom stereocenters. The molecule has 1 aromatic rings. The SMILES string of the molecule is CC(C)c1nc(C(=O)N2CC[C@@](O)(C3CCOCC3)[C@H](C)C2)cs1. The lowest BCUT2D eigenvalue weighted by atomic mass is 9.70. The lowest BCUT2D eigenvalue weighted by molar-refractivity contribution is -0.125. The first kappa shape index (κ1) is 17.8. The molecule has 1 N–H and O–H groups in total. The van der Waals surface area contributed by atoms with Crippen LogP contribution in [0.25, 0.3) is 0 Å². The van der Waals surface area contributed by atoms with Crippen LogP contribution in [-0.2, 0) is 4.74 Å². The van der Waals surface area contributed by atoms with Crippen LogP contribution >= 0.6 is 11.3 Å². The van der Waals surface area contributed by atoms with E-state index in [1.165, 1.54) is 0 Å². The largest absolute Gasteiger partial charge is 0.389 e. The van der Waals surface area contributed by atoms with Gasteiger partial charge in [0.05, 0.1) is 10.6 Å². The Morgan fingerprint density at radius 3 is 2.75 bits per heavy atom. The Morgan fingerprint density at radius 1 is 1.46 bits per heavy atom. The molecule has 24 heavy (non-hydrogen) atoms. The van der Waals surface area contributed by atoms with Gasteiger partial charge in [0, 0.05) is 43.5 Å². The Bertz CT molecular complexity index is 583. The minimum atomic E-state index is -0.675. The molecule has 0 aromatic carbocycles. The third-order valence-electron chi connectivity index (χ3n) is 5.58. The lowest BCUT2D eigenvalue weighted by Gasteiger charge is -2.48. The van der Waals surface area contributed by atoms with Crippen LogP contribution in [0.5, 0.6) is 0 Å². The first-order valence-electron chi connectivity index (χ1n) is 8.96. The normalized spacial score (nSPS) is 29.2. The number of hydrogen-bond acceptors (Lipinski definition) is 5. The van der Waals surface area contributed by atoms with Crippen molar-refractivity contribution in [2.75, 3.05) is 26.3 Å². The molecule has 5 nitrogen and oxygen atoms in total. The third-order valence-corrected chi connectivity index (χ3v) is 6.73. The van der Waals surface area contributed by atoms with E-state index in [2.05, 4.69) is 25.8 Å². The van der Waals surface area contributed by atoms with Gasteiger partial charge in [-0.1, -0.05) is 20.8 Å². The molecule has 0 saturated carbocycles. The smallest absolute Gasteiger partial charge is 0.273 e. The van der Waals surface area contributed by atoms with E-state index in [9.17, 15) is 9.90 Å². The maximum absolute atomic E-state index is 12.7. The van der Waals surface area contributed by atoms with Gasteiger partial charge in [0.15, 0.2) is 0 Å². The lowest BCUT2D eigenvalue weighted by Crippen LogP contribution is -2.56. The number of hydrogen-bond donors (Lipinski definition) is 1. The van der Waals surface area contributed by atoms with Gasteiger partial charge in [0.1, 0.15) is 5.69 Å². The van der Waals surface area contributed by atoms with Crippen LogP contribution in [0.4, 0.5) is 0 Å². The van der Waals surface area contributed by atoms with E-state index >= 15 is 0 Å². The average molecular weight is 353 g/mol. The van der Waals surface area contributed by atoms with Crippen LogP contribution in [0.1, 0.15) is 61.4 Å². The molecule has 2 atom stereocenters. The fourth-order valence-corrected chi connectivity index (χ4v) is 4.75. The highest BCUT2D eigenvalue weighted by atomic mass is 32.1. The number of likely N-dealkylation sites (tertiary alicyclic amines) is 1. The van der Waals surface area contributed by atoms with Crippen LogP contribution in [0, 0.1) is 11.8 Å². The van der Waals surface area contributed by atoms with Crippen molar-refractivity contribution in [1.82, 2.24) is 9.88 Å². The van der Waals surface area contributed by atoms with Gasteiger partial charge >= 0.3 is 0 Å². The molecule has 134 valence electrons. The molecular formula is C18H28N2O3S. The molecule has 2 fully saturated rings. The van der Waals surface area contributed by atoms with Crippen LogP contribution in [-0.4, -0.2) is 52.8 Å². The number of rotatable bonds is 3. The highest BCUT2D eigenvalue weighted by molar-refractivity contribution is 7.09. The van der Waals surface area contributed by atoms with E-state index in [4.69, 9.17) is 4.74 Å². The number of aliphatic hydroxyl groups is 1. The molecule has 1 aromatic heterocycles. The zero-order valence-electron chi connectivity index (χ0n) is 14.8. The Kier molecular flexibility index (Phi) is 5.27. The monoisotopic (exact) mass is 352 g/mol. The van der Waals surface area contributed by atoms with Crippen LogP contribution in [0.3, 0.4) is 0 Å². The van der Waals surface area contributed by atoms with Crippen LogP contribution < -0.4 is 0 Å². The molecule has 0 radical (unpaired) electrons. The van der Waals surface area contributed by atoms with Crippen LogP contribution in [0.15, 0.2) is 5.38 Å². The first-order chi connectivity index (χ1) is 11.4.